The second-order valence-electron chi connectivity index (χ2n) is 3.42. The van der Waals surface area contributed by atoms with E-state index in [1.54, 1.807) is 12.4 Å². The van der Waals surface area contributed by atoms with E-state index < -0.39 is 0 Å². The Hall–Kier alpha value is -1.62. The maximum atomic E-state index is 9.09. The molecule has 5 nitrogen and oxygen atoms in total. The first-order valence-corrected chi connectivity index (χ1v) is 5.01. The third kappa shape index (κ3) is 1.92. The van der Waals surface area contributed by atoms with Gasteiger partial charge in [0.2, 0.25) is 0 Å². The van der Waals surface area contributed by atoms with E-state index in [1.807, 2.05) is 10.9 Å². The van der Waals surface area contributed by atoms with E-state index in [1.165, 1.54) is 0 Å². The fourth-order valence-corrected chi connectivity index (χ4v) is 1.52. The van der Waals surface area contributed by atoms with Crippen molar-refractivity contribution in [2.24, 2.45) is 0 Å². The van der Waals surface area contributed by atoms with Crippen LogP contribution in [0.2, 0.25) is 0 Å². The third-order valence-corrected chi connectivity index (χ3v) is 2.26. The minimum Gasteiger partial charge on any atom is -0.392 e. The summed E-state index contributed by atoms with van der Waals surface area (Å²) in [6.07, 6.45) is 6.42. The van der Waals surface area contributed by atoms with E-state index in [0.717, 1.165) is 29.8 Å². The molecule has 80 valence electrons. The van der Waals surface area contributed by atoms with Crippen LogP contribution < -0.4 is 0 Å². The smallest absolute Gasteiger partial charge is 0.0736 e. The Morgan fingerprint density at radius 3 is 3.07 bits per heavy atom. The van der Waals surface area contributed by atoms with Crippen LogP contribution in [0.4, 0.5) is 0 Å². The number of rotatable bonds is 4. The molecule has 15 heavy (non-hydrogen) atoms. The van der Waals surface area contributed by atoms with Gasteiger partial charge in [-0.2, -0.15) is 10.2 Å². The monoisotopic (exact) mass is 206 g/mol. The van der Waals surface area contributed by atoms with Gasteiger partial charge in [-0.05, 0) is 6.42 Å². The summed E-state index contributed by atoms with van der Waals surface area (Å²) in [4.78, 5) is 0. The van der Waals surface area contributed by atoms with E-state index in [4.69, 9.17) is 5.11 Å². The van der Waals surface area contributed by atoms with Gasteiger partial charge >= 0.3 is 0 Å². The lowest BCUT2D eigenvalue weighted by Crippen LogP contribution is -1.95. The molecule has 0 unspecified atom stereocenters. The van der Waals surface area contributed by atoms with Crippen molar-refractivity contribution in [1.82, 2.24) is 20.0 Å². The predicted molar refractivity (Wildman–Crippen MR) is 56.0 cm³/mol. The molecule has 0 amide bonds. The number of hydrogen-bond donors (Lipinski definition) is 2. The van der Waals surface area contributed by atoms with Crippen LogP contribution in [0.1, 0.15) is 18.9 Å². The van der Waals surface area contributed by atoms with Crippen LogP contribution in [0.3, 0.4) is 0 Å². The van der Waals surface area contributed by atoms with Crippen molar-refractivity contribution in [3.63, 3.8) is 0 Å². The highest BCUT2D eigenvalue weighted by atomic mass is 16.3. The highest BCUT2D eigenvalue weighted by molar-refractivity contribution is 5.60. The van der Waals surface area contributed by atoms with Gasteiger partial charge in [-0.3, -0.25) is 9.78 Å². The summed E-state index contributed by atoms with van der Waals surface area (Å²) in [6, 6.07) is 0. The fraction of sp³-hybridized carbons (Fsp3) is 0.400. The van der Waals surface area contributed by atoms with Crippen LogP contribution in [-0.2, 0) is 13.2 Å². The Morgan fingerprint density at radius 1 is 1.47 bits per heavy atom. The molecule has 0 saturated heterocycles. The molecular weight excluding hydrogens is 192 g/mol. The highest BCUT2D eigenvalue weighted by Crippen LogP contribution is 2.20. The van der Waals surface area contributed by atoms with E-state index in [9.17, 15) is 0 Å². The van der Waals surface area contributed by atoms with Crippen molar-refractivity contribution in [2.75, 3.05) is 0 Å². The standard InChI is InChI=1S/C10H14N4O/c1-2-3-14-6-8(5-12-14)10-9(7-15)4-11-13-10/h4-6,15H,2-3,7H2,1H3,(H,11,13). The van der Waals surface area contributed by atoms with Crippen LogP contribution in [0.25, 0.3) is 11.3 Å². The Labute approximate surface area is 87.7 Å². The molecule has 0 saturated carbocycles. The first kappa shape index (κ1) is 9.92. The number of hydrogen-bond acceptors (Lipinski definition) is 3. The molecule has 2 rings (SSSR count). The molecule has 0 aliphatic carbocycles. The average Bonchev–Trinajstić information content (AvgIpc) is 2.84. The second-order valence-corrected chi connectivity index (χ2v) is 3.42. The molecule has 2 aromatic heterocycles. The summed E-state index contributed by atoms with van der Waals surface area (Å²) in [5, 5.41) is 20.1. The lowest BCUT2D eigenvalue weighted by atomic mass is 10.2. The first-order valence-electron chi connectivity index (χ1n) is 5.01. The zero-order valence-corrected chi connectivity index (χ0v) is 8.64. The summed E-state index contributed by atoms with van der Waals surface area (Å²) in [5.74, 6) is 0. The first-order chi connectivity index (χ1) is 7.35. The molecule has 0 spiro atoms. The van der Waals surface area contributed by atoms with E-state index in [0.29, 0.717) is 0 Å². The molecule has 0 aliphatic rings. The van der Waals surface area contributed by atoms with E-state index in [-0.39, 0.29) is 6.61 Å². The molecule has 5 heteroatoms. The number of aromatic nitrogens is 4. The van der Waals surface area contributed by atoms with Crippen molar-refractivity contribution >= 4 is 0 Å². The molecule has 0 aromatic carbocycles. The van der Waals surface area contributed by atoms with Crippen molar-refractivity contribution in [1.29, 1.82) is 0 Å². The Bertz CT molecular complexity index is 432. The average molecular weight is 206 g/mol. The van der Waals surface area contributed by atoms with Gasteiger partial charge in [0.25, 0.3) is 0 Å². The Kier molecular flexibility index (Phi) is 2.82. The Balaban J connectivity index is 2.28. The lowest BCUT2D eigenvalue weighted by Gasteiger charge is -1.96. The van der Waals surface area contributed by atoms with E-state index >= 15 is 0 Å². The third-order valence-electron chi connectivity index (χ3n) is 2.26. The summed E-state index contributed by atoms with van der Waals surface area (Å²) in [5.41, 5.74) is 2.61. The SMILES string of the molecule is CCCn1cc(-c2[nH]ncc2CO)cn1. The van der Waals surface area contributed by atoms with Crippen molar-refractivity contribution in [3.8, 4) is 11.3 Å². The molecular formula is C10H14N4O. The van der Waals surface area contributed by atoms with Gasteiger partial charge in [-0.25, -0.2) is 0 Å². The van der Waals surface area contributed by atoms with Crippen LogP contribution >= 0.6 is 0 Å². The number of nitrogens with zero attached hydrogens (tertiary/aromatic N) is 3. The number of aliphatic hydroxyl groups is 1. The number of nitrogens with one attached hydrogen (secondary N) is 1. The maximum Gasteiger partial charge on any atom is 0.0736 e. The molecule has 0 radical (unpaired) electrons. The molecule has 0 aliphatic heterocycles. The van der Waals surface area contributed by atoms with Crippen LogP contribution in [0.15, 0.2) is 18.6 Å². The molecule has 0 bridgehead atoms. The summed E-state index contributed by atoms with van der Waals surface area (Å²) in [7, 11) is 0. The number of H-pyrrole nitrogens is 1. The lowest BCUT2D eigenvalue weighted by molar-refractivity contribution is 0.282. The van der Waals surface area contributed by atoms with Crippen LogP contribution in [0.5, 0.6) is 0 Å². The molecule has 2 N–H and O–H groups in total. The molecule has 2 heterocycles. The second kappa shape index (κ2) is 4.27. The summed E-state index contributed by atoms with van der Waals surface area (Å²) < 4.78 is 1.89. The topological polar surface area (TPSA) is 66.7 Å². The van der Waals surface area contributed by atoms with Crippen LogP contribution in [0, 0.1) is 0 Å². The van der Waals surface area contributed by atoms with Gasteiger partial charge in [-0.1, -0.05) is 6.92 Å². The van der Waals surface area contributed by atoms with Crippen molar-refractivity contribution in [3.05, 3.63) is 24.2 Å². The molecule has 0 fully saturated rings. The van der Waals surface area contributed by atoms with Gasteiger partial charge in [-0.15, -0.1) is 0 Å². The quantitative estimate of drug-likeness (QED) is 0.789. The minimum atomic E-state index is -0.00914. The van der Waals surface area contributed by atoms with Gasteiger partial charge < -0.3 is 5.11 Å². The van der Waals surface area contributed by atoms with Crippen LogP contribution in [-0.4, -0.2) is 25.1 Å². The zero-order valence-electron chi connectivity index (χ0n) is 8.64. The maximum absolute atomic E-state index is 9.09. The largest absolute Gasteiger partial charge is 0.392 e. The zero-order chi connectivity index (χ0) is 10.7. The van der Waals surface area contributed by atoms with Gasteiger partial charge in [0.1, 0.15) is 0 Å². The van der Waals surface area contributed by atoms with Gasteiger partial charge in [0, 0.05) is 23.9 Å². The summed E-state index contributed by atoms with van der Waals surface area (Å²) in [6.45, 7) is 3.00. The highest BCUT2D eigenvalue weighted by Gasteiger charge is 2.08. The van der Waals surface area contributed by atoms with E-state index in [2.05, 4.69) is 22.2 Å². The van der Waals surface area contributed by atoms with Gasteiger partial charge in [0.15, 0.2) is 0 Å². The van der Waals surface area contributed by atoms with Crippen molar-refractivity contribution < 1.29 is 5.11 Å². The van der Waals surface area contributed by atoms with Crippen molar-refractivity contribution in [2.45, 2.75) is 26.5 Å². The Morgan fingerprint density at radius 2 is 2.33 bits per heavy atom. The predicted octanol–water partition coefficient (Wildman–Crippen LogP) is 1.18. The summed E-state index contributed by atoms with van der Waals surface area (Å²) >= 11 is 0. The normalized spacial score (nSPS) is 10.8. The number of aryl methyl sites for hydroxylation is 1. The number of aliphatic hydroxyl groups excluding tert-OH is 1. The van der Waals surface area contributed by atoms with Gasteiger partial charge in [0.05, 0.1) is 24.7 Å². The molecule has 0 atom stereocenters. The fourth-order valence-electron chi connectivity index (χ4n) is 1.52. The number of aromatic amines is 1. The minimum absolute atomic E-state index is 0.00914. The molecule has 2 aromatic rings.